The minimum atomic E-state index is -1.01. The molecule has 0 saturated carbocycles. The molecule has 31 heavy (non-hydrogen) atoms. The number of aromatic nitrogens is 2. The summed E-state index contributed by atoms with van der Waals surface area (Å²) in [6.07, 6.45) is 0.714. The molecule has 1 unspecified atom stereocenters. The van der Waals surface area contributed by atoms with E-state index in [-0.39, 0.29) is 23.3 Å². The molecule has 1 saturated heterocycles. The molecule has 1 aliphatic heterocycles. The Hall–Kier alpha value is -3.73. The van der Waals surface area contributed by atoms with Gasteiger partial charge in [-0.3, -0.25) is 0 Å². The number of hydrogen-bond acceptors (Lipinski definition) is 6. The number of carboxylic acids is 1. The molecule has 2 aromatic carbocycles. The third-order valence-electron chi connectivity index (χ3n) is 5.62. The van der Waals surface area contributed by atoms with Gasteiger partial charge in [0.15, 0.2) is 11.5 Å². The predicted octanol–water partition coefficient (Wildman–Crippen LogP) is 4.23. The summed E-state index contributed by atoms with van der Waals surface area (Å²) in [4.78, 5) is 22.6. The molecule has 1 aromatic heterocycles. The van der Waals surface area contributed by atoms with E-state index in [1.165, 1.54) is 0 Å². The maximum absolute atomic E-state index is 13.3. The van der Waals surface area contributed by atoms with Crippen LogP contribution >= 0.6 is 0 Å². The van der Waals surface area contributed by atoms with Crippen LogP contribution in [0.1, 0.15) is 46.6 Å². The van der Waals surface area contributed by atoms with Gasteiger partial charge in [-0.05, 0) is 44.0 Å². The largest absolute Gasteiger partial charge is 0.478 e. The first kappa shape index (κ1) is 20.5. The topological polar surface area (TPSA) is 102 Å². The van der Waals surface area contributed by atoms with Crippen molar-refractivity contribution < 1.29 is 14.3 Å². The van der Waals surface area contributed by atoms with Crippen LogP contribution in [0.25, 0.3) is 11.0 Å². The molecule has 158 valence electrons. The zero-order valence-electron chi connectivity index (χ0n) is 17.3. The first-order valence-corrected chi connectivity index (χ1v) is 10.1. The van der Waals surface area contributed by atoms with E-state index in [0.717, 1.165) is 11.1 Å². The summed E-state index contributed by atoms with van der Waals surface area (Å²) in [5.74, 6) is -0.618. The van der Waals surface area contributed by atoms with Crippen LogP contribution in [0.3, 0.4) is 0 Å². The molecule has 7 nitrogen and oxygen atoms in total. The van der Waals surface area contributed by atoms with E-state index in [1.807, 2.05) is 26.0 Å². The number of aryl methyl sites for hydroxylation is 1. The van der Waals surface area contributed by atoms with Crippen LogP contribution in [-0.4, -0.2) is 40.3 Å². The van der Waals surface area contributed by atoms with Crippen molar-refractivity contribution >= 4 is 28.5 Å². The fourth-order valence-corrected chi connectivity index (χ4v) is 3.92. The number of nitriles is 1. The Morgan fingerprint density at radius 3 is 2.81 bits per heavy atom. The summed E-state index contributed by atoms with van der Waals surface area (Å²) >= 11 is 0. The van der Waals surface area contributed by atoms with E-state index in [2.05, 4.69) is 16.4 Å². The first-order chi connectivity index (χ1) is 14.9. The van der Waals surface area contributed by atoms with Crippen molar-refractivity contribution in [2.45, 2.75) is 32.4 Å². The Balaban J connectivity index is 1.80. The van der Waals surface area contributed by atoms with Crippen LogP contribution < -0.4 is 10.2 Å². The van der Waals surface area contributed by atoms with E-state index < -0.39 is 12.6 Å². The molecular weight excluding hydrogens is 397 g/mol. The number of rotatable bonds is 6. The maximum atomic E-state index is 13.3. The van der Waals surface area contributed by atoms with Crippen molar-refractivity contribution in [3.63, 3.8) is 0 Å². The standard InChI is InChI=1S/C23H22FN5O2/c1-13-9-17(14(2)26-18-6-4-3-5-16(18)23(30)31)21-19(10-13)27-20(12-25)22(28-21)29-8-7-15(29)11-24/h3-6,9-10,14-15,26H,7-8,11H2,1-2H3,(H,30,31)/t14-,15?/m1/s1. The number of alkyl halides is 1. The predicted molar refractivity (Wildman–Crippen MR) is 116 cm³/mol. The molecule has 2 atom stereocenters. The lowest BCUT2D eigenvalue weighted by atomic mass is 10.0. The van der Waals surface area contributed by atoms with Gasteiger partial charge in [-0.15, -0.1) is 0 Å². The zero-order chi connectivity index (χ0) is 22.1. The molecule has 3 aromatic rings. The van der Waals surface area contributed by atoms with Crippen molar-refractivity contribution in [2.75, 3.05) is 23.4 Å². The van der Waals surface area contributed by atoms with Crippen LogP contribution in [0, 0.1) is 18.3 Å². The Labute approximate surface area is 179 Å². The molecule has 2 N–H and O–H groups in total. The molecule has 4 rings (SSSR count). The van der Waals surface area contributed by atoms with Gasteiger partial charge in [0.1, 0.15) is 12.7 Å². The fraction of sp³-hybridized carbons (Fsp3) is 0.304. The average Bonchev–Trinajstić information content (AvgIpc) is 2.72. The normalized spacial score (nSPS) is 16.5. The molecule has 1 fully saturated rings. The third-order valence-corrected chi connectivity index (χ3v) is 5.62. The monoisotopic (exact) mass is 419 g/mol. The molecule has 2 heterocycles. The van der Waals surface area contributed by atoms with Gasteiger partial charge in [0, 0.05) is 17.8 Å². The number of halogens is 1. The summed E-state index contributed by atoms with van der Waals surface area (Å²) in [7, 11) is 0. The van der Waals surface area contributed by atoms with E-state index >= 15 is 0 Å². The van der Waals surface area contributed by atoms with Crippen LogP contribution in [0.15, 0.2) is 36.4 Å². The van der Waals surface area contributed by atoms with Gasteiger partial charge in [0.25, 0.3) is 0 Å². The number of nitrogens with one attached hydrogen (secondary N) is 1. The van der Waals surface area contributed by atoms with E-state index in [1.54, 1.807) is 29.2 Å². The van der Waals surface area contributed by atoms with Gasteiger partial charge >= 0.3 is 5.97 Å². The highest BCUT2D eigenvalue weighted by molar-refractivity contribution is 5.94. The van der Waals surface area contributed by atoms with E-state index in [9.17, 15) is 19.6 Å². The van der Waals surface area contributed by atoms with Crippen molar-refractivity contribution in [3.8, 4) is 6.07 Å². The van der Waals surface area contributed by atoms with Crippen LogP contribution in [0.2, 0.25) is 0 Å². The van der Waals surface area contributed by atoms with Crippen molar-refractivity contribution in [1.82, 2.24) is 9.97 Å². The Bertz CT molecular complexity index is 1200. The van der Waals surface area contributed by atoms with Crippen LogP contribution in [0.5, 0.6) is 0 Å². The number of fused-ring (bicyclic) bond motifs is 1. The maximum Gasteiger partial charge on any atom is 0.337 e. The van der Waals surface area contributed by atoms with Crippen molar-refractivity contribution in [2.24, 2.45) is 0 Å². The molecule has 8 heteroatoms. The molecule has 0 aliphatic carbocycles. The second-order valence-corrected chi connectivity index (χ2v) is 7.74. The first-order valence-electron chi connectivity index (χ1n) is 10.1. The van der Waals surface area contributed by atoms with Gasteiger partial charge in [0.2, 0.25) is 0 Å². The summed E-state index contributed by atoms with van der Waals surface area (Å²) in [5, 5.41) is 22.3. The lowest BCUT2D eigenvalue weighted by Gasteiger charge is -2.40. The summed E-state index contributed by atoms with van der Waals surface area (Å²) in [6, 6.07) is 12.1. The number of hydrogen-bond donors (Lipinski definition) is 2. The number of anilines is 2. The Morgan fingerprint density at radius 1 is 1.39 bits per heavy atom. The average molecular weight is 419 g/mol. The highest BCUT2D eigenvalue weighted by Crippen LogP contribution is 2.33. The molecule has 0 amide bonds. The summed E-state index contributed by atoms with van der Waals surface area (Å²) in [5.41, 5.74) is 3.81. The number of carbonyl (C=O) groups is 1. The fourth-order valence-electron chi connectivity index (χ4n) is 3.92. The van der Waals surface area contributed by atoms with Gasteiger partial charge in [-0.2, -0.15) is 5.26 Å². The lowest BCUT2D eigenvalue weighted by molar-refractivity contribution is 0.0698. The summed E-state index contributed by atoms with van der Waals surface area (Å²) < 4.78 is 13.3. The van der Waals surface area contributed by atoms with E-state index in [4.69, 9.17) is 4.98 Å². The van der Waals surface area contributed by atoms with Crippen molar-refractivity contribution in [3.05, 3.63) is 58.8 Å². The number of carboxylic acid groups (broad SMARTS) is 1. The SMILES string of the molecule is Cc1cc([C@@H](C)Nc2ccccc2C(=O)O)c2nc(N3CCC3CF)c(C#N)nc2c1. The highest BCUT2D eigenvalue weighted by Gasteiger charge is 2.32. The molecule has 1 aliphatic rings. The minimum absolute atomic E-state index is 0.177. The number of nitrogens with zero attached hydrogens (tertiary/aromatic N) is 4. The third kappa shape index (κ3) is 3.75. The zero-order valence-corrected chi connectivity index (χ0v) is 17.3. The number of benzene rings is 2. The quantitative estimate of drug-likeness (QED) is 0.616. The number of aromatic carboxylic acids is 1. The second kappa shape index (κ2) is 8.19. The molecule has 0 spiro atoms. The number of para-hydroxylation sites is 1. The van der Waals surface area contributed by atoms with E-state index in [0.29, 0.717) is 35.5 Å². The van der Waals surface area contributed by atoms with Crippen molar-refractivity contribution in [1.29, 1.82) is 5.26 Å². The highest BCUT2D eigenvalue weighted by atomic mass is 19.1. The van der Waals surface area contributed by atoms with Crippen LogP contribution in [-0.2, 0) is 0 Å². The lowest BCUT2D eigenvalue weighted by Crippen LogP contribution is -2.50. The molecule has 0 radical (unpaired) electrons. The summed E-state index contributed by atoms with van der Waals surface area (Å²) in [6.45, 7) is 3.97. The van der Waals surface area contributed by atoms with Gasteiger partial charge in [-0.1, -0.05) is 18.2 Å². The van der Waals surface area contributed by atoms with Gasteiger partial charge < -0.3 is 15.3 Å². The molecule has 0 bridgehead atoms. The second-order valence-electron chi connectivity index (χ2n) is 7.74. The Morgan fingerprint density at radius 2 is 2.16 bits per heavy atom. The van der Waals surface area contributed by atoms with Gasteiger partial charge in [-0.25, -0.2) is 19.2 Å². The smallest absolute Gasteiger partial charge is 0.337 e. The Kier molecular flexibility index (Phi) is 5.42. The minimum Gasteiger partial charge on any atom is -0.478 e. The van der Waals surface area contributed by atoms with Gasteiger partial charge in [0.05, 0.1) is 28.7 Å². The van der Waals surface area contributed by atoms with Crippen LogP contribution in [0.4, 0.5) is 15.9 Å². The molecular formula is C23H22FN5O2.